The van der Waals surface area contributed by atoms with Crippen LogP contribution in [0.15, 0.2) is 24.3 Å². The van der Waals surface area contributed by atoms with E-state index in [2.05, 4.69) is 0 Å². The molecule has 0 bridgehead atoms. The topological polar surface area (TPSA) is 101 Å². The Labute approximate surface area is 164 Å². The van der Waals surface area contributed by atoms with Crippen molar-refractivity contribution in [3.8, 4) is 0 Å². The fraction of sp³-hybridized carbons (Fsp3) is 0.526. The Morgan fingerprint density at radius 1 is 1.25 bits per heavy atom. The summed E-state index contributed by atoms with van der Waals surface area (Å²) in [6, 6.07) is 6.10. The predicted molar refractivity (Wildman–Crippen MR) is 103 cm³/mol. The van der Waals surface area contributed by atoms with Gasteiger partial charge < -0.3 is 14.5 Å². The van der Waals surface area contributed by atoms with Crippen molar-refractivity contribution in [3.63, 3.8) is 0 Å². The van der Waals surface area contributed by atoms with Gasteiger partial charge in [0.05, 0.1) is 17.1 Å². The van der Waals surface area contributed by atoms with Gasteiger partial charge in [0.1, 0.15) is 0 Å². The number of ether oxygens (including phenoxy) is 1. The molecule has 9 heteroatoms. The van der Waals surface area contributed by atoms with E-state index in [0.29, 0.717) is 19.4 Å². The van der Waals surface area contributed by atoms with E-state index >= 15 is 0 Å². The number of hydrogen-bond acceptors (Lipinski definition) is 6. The normalized spacial score (nSPS) is 22.1. The highest BCUT2D eigenvalue weighted by Gasteiger charge is 2.35. The second-order valence-corrected chi connectivity index (χ2v) is 9.48. The lowest BCUT2D eigenvalue weighted by atomic mass is 10.2. The average Bonchev–Trinajstić information content (AvgIpc) is 3.25. The summed E-state index contributed by atoms with van der Waals surface area (Å²) in [5.41, 5.74) is 1.01. The molecule has 2 aliphatic rings. The first-order valence-electron chi connectivity index (χ1n) is 9.26. The standard InChI is InChI=1S/C19H24N2O6S/c1-13(18(23)20(2)16-9-11-28(25,26)12-16)27-19(24)14-5-7-15(8-6-14)21-10-3-4-17(21)22/h5-8,13,16H,3-4,9-12H2,1-2H3/t13-,16+/m0/s1. The van der Waals surface area contributed by atoms with Crippen LogP contribution in [-0.4, -0.2) is 68.3 Å². The van der Waals surface area contributed by atoms with Crippen LogP contribution in [0, 0.1) is 0 Å². The maximum absolute atomic E-state index is 12.5. The molecule has 1 aromatic carbocycles. The lowest BCUT2D eigenvalue weighted by Gasteiger charge is -2.26. The Morgan fingerprint density at radius 3 is 2.46 bits per heavy atom. The highest BCUT2D eigenvalue weighted by Crippen LogP contribution is 2.22. The number of carbonyl (C=O) groups is 3. The minimum absolute atomic E-state index is 0.0616. The molecule has 152 valence electrons. The summed E-state index contributed by atoms with van der Waals surface area (Å²) in [5.74, 6) is -1.02. The number of anilines is 1. The molecule has 0 aromatic heterocycles. The molecule has 28 heavy (non-hydrogen) atoms. The number of hydrogen-bond donors (Lipinski definition) is 0. The number of sulfone groups is 1. The minimum atomic E-state index is -3.11. The van der Waals surface area contributed by atoms with Gasteiger partial charge in [0.2, 0.25) is 5.91 Å². The van der Waals surface area contributed by atoms with Crippen molar-refractivity contribution in [2.75, 3.05) is 30.0 Å². The van der Waals surface area contributed by atoms with Crippen LogP contribution in [0.1, 0.15) is 36.5 Å². The molecule has 2 fully saturated rings. The summed E-state index contributed by atoms with van der Waals surface area (Å²) in [4.78, 5) is 39.6. The highest BCUT2D eigenvalue weighted by atomic mass is 32.2. The van der Waals surface area contributed by atoms with Gasteiger partial charge >= 0.3 is 5.97 Å². The van der Waals surface area contributed by atoms with E-state index in [1.807, 2.05) is 0 Å². The first-order valence-corrected chi connectivity index (χ1v) is 11.1. The first-order chi connectivity index (χ1) is 13.2. The fourth-order valence-corrected chi connectivity index (χ4v) is 5.30. The quantitative estimate of drug-likeness (QED) is 0.674. The largest absolute Gasteiger partial charge is 0.449 e. The summed E-state index contributed by atoms with van der Waals surface area (Å²) in [6.07, 6.45) is 0.708. The number of nitrogens with zero attached hydrogens (tertiary/aromatic N) is 2. The van der Waals surface area contributed by atoms with Gasteiger partial charge in [-0.15, -0.1) is 0 Å². The molecule has 0 radical (unpaired) electrons. The monoisotopic (exact) mass is 408 g/mol. The van der Waals surface area contributed by atoms with Crippen LogP contribution in [0.5, 0.6) is 0 Å². The van der Waals surface area contributed by atoms with Crippen LogP contribution in [0.25, 0.3) is 0 Å². The van der Waals surface area contributed by atoms with E-state index in [9.17, 15) is 22.8 Å². The summed E-state index contributed by atoms with van der Waals surface area (Å²) < 4.78 is 28.4. The molecule has 0 unspecified atom stereocenters. The molecule has 2 aliphatic heterocycles. The molecule has 3 rings (SSSR count). The van der Waals surface area contributed by atoms with Gasteiger partial charge in [0.15, 0.2) is 15.9 Å². The molecule has 2 heterocycles. The molecule has 2 amide bonds. The zero-order chi connectivity index (χ0) is 20.5. The van der Waals surface area contributed by atoms with Crippen molar-refractivity contribution >= 4 is 33.3 Å². The maximum atomic E-state index is 12.5. The van der Waals surface area contributed by atoms with Crippen LogP contribution in [-0.2, 0) is 24.2 Å². The van der Waals surface area contributed by atoms with Crippen molar-refractivity contribution in [1.29, 1.82) is 0 Å². The summed E-state index contributed by atoms with van der Waals surface area (Å²) in [6.45, 7) is 2.13. The van der Waals surface area contributed by atoms with Crippen LogP contribution < -0.4 is 4.90 Å². The molecular formula is C19H24N2O6S. The van der Waals surface area contributed by atoms with Crippen molar-refractivity contribution in [2.24, 2.45) is 0 Å². The third-order valence-corrected chi connectivity index (χ3v) is 6.97. The van der Waals surface area contributed by atoms with Crippen LogP contribution in [0.4, 0.5) is 5.69 Å². The predicted octanol–water partition coefficient (Wildman–Crippen LogP) is 1.00. The Balaban J connectivity index is 1.59. The van der Waals surface area contributed by atoms with Crippen molar-refractivity contribution in [1.82, 2.24) is 4.90 Å². The molecular weight excluding hydrogens is 384 g/mol. The van der Waals surface area contributed by atoms with Crippen LogP contribution >= 0.6 is 0 Å². The summed E-state index contributed by atoms with van der Waals surface area (Å²) >= 11 is 0. The number of benzene rings is 1. The summed E-state index contributed by atoms with van der Waals surface area (Å²) in [5, 5.41) is 0. The molecule has 8 nitrogen and oxygen atoms in total. The van der Waals surface area contributed by atoms with Gasteiger partial charge in [0, 0.05) is 31.7 Å². The molecule has 0 spiro atoms. The van der Waals surface area contributed by atoms with E-state index in [-0.39, 0.29) is 23.0 Å². The van der Waals surface area contributed by atoms with Gasteiger partial charge in [-0.25, -0.2) is 13.2 Å². The second-order valence-electron chi connectivity index (χ2n) is 7.25. The molecule has 1 aromatic rings. The van der Waals surface area contributed by atoms with E-state index in [0.717, 1.165) is 12.1 Å². The van der Waals surface area contributed by atoms with Gasteiger partial charge in [-0.05, 0) is 44.0 Å². The Bertz CT molecular complexity index is 880. The van der Waals surface area contributed by atoms with Crippen LogP contribution in [0.2, 0.25) is 0 Å². The van der Waals surface area contributed by atoms with Crippen LogP contribution in [0.3, 0.4) is 0 Å². The van der Waals surface area contributed by atoms with Crippen molar-refractivity contribution in [2.45, 2.75) is 38.3 Å². The zero-order valence-electron chi connectivity index (χ0n) is 16.0. The first kappa shape index (κ1) is 20.3. The number of rotatable bonds is 5. The fourth-order valence-electron chi connectivity index (χ4n) is 3.53. The van der Waals surface area contributed by atoms with E-state index in [1.54, 1.807) is 29.2 Å². The van der Waals surface area contributed by atoms with E-state index < -0.39 is 33.9 Å². The summed E-state index contributed by atoms with van der Waals surface area (Å²) in [7, 11) is -1.58. The molecule has 0 N–H and O–H groups in total. The smallest absolute Gasteiger partial charge is 0.338 e. The van der Waals surface area contributed by atoms with E-state index in [4.69, 9.17) is 4.74 Å². The van der Waals surface area contributed by atoms with Gasteiger partial charge in [0.25, 0.3) is 5.91 Å². The Morgan fingerprint density at radius 2 is 1.93 bits per heavy atom. The third kappa shape index (κ3) is 4.35. The number of likely N-dealkylation sites (N-methyl/N-ethyl adjacent to an activating group) is 1. The molecule has 0 aliphatic carbocycles. The number of esters is 1. The number of carbonyl (C=O) groups excluding carboxylic acids is 3. The lowest BCUT2D eigenvalue weighted by Crippen LogP contribution is -2.44. The molecule has 2 atom stereocenters. The minimum Gasteiger partial charge on any atom is -0.449 e. The Kier molecular flexibility index (Phi) is 5.74. The van der Waals surface area contributed by atoms with Gasteiger partial charge in [-0.2, -0.15) is 0 Å². The number of amides is 2. The van der Waals surface area contributed by atoms with Gasteiger partial charge in [-0.3, -0.25) is 9.59 Å². The van der Waals surface area contributed by atoms with E-state index in [1.165, 1.54) is 18.9 Å². The average molecular weight is 408 g/mol. The molecule has 0 saturated carbocycles. The third-order valence-electron chi connectivity index (χ3n) is 5.22. The van der Waals surface area contributed by atoms with Crippen molar-refractivity contribution in [3.05, 3.63) is 29.8 Å². The maximum Gasteiger partial charge on any atom is 0.338 e. The second kappa shape index (κ2) is 7.90. The lowest BCUT2D eigenvalue weighted by molar-refractivity contribution is -0.140. The SMILES string of the molecule is C[C@H](OC(=O)c1ccc(N2CCCC2=O)cc1)C(=O)N(C)[C@@H]1CCS(=O)(=O)C1. The van der Waals surface area contributed by atoms with Crippen molar-refractivity contribution < 1.29 is 27.5 Å². The highest BCUT2D eigenvalue weighted by molar-refractivity contribution is 7.91. The zero-order valence-corrected chi connectivity index (χ0v) is 16.8. The van der Waals surface area contributed by atoms with Gasteiger partial charge in [-0.1, -0.05) is 0 Å². The Hall–Kier alpha value is -2.42. The molecule has 2 saturated heterocycles.